The summed E-state index contributed by atoms with van der Waals surface area (Å²) in [6.45, 7) is 0. The molecule has 3 rings (SSSR count). The fourth-order valence-electron chi connectivity index (χ4n) is 2.79. The van der Waals surface area contributed by atoms with Crippen molar-refractivity contribution in [3.8, 4) is 5.75 Å². The number of benzene rings is 3. The van der Waals surface area contributed by atoms with Gasteiger partial charge in [0.2, 0.25) is 0 Å². The molecule has 2 N–H and O–H groups in total. The summed E-state index contributed by atoms with van der Waals surface area (Å²) in [7, 11) is 1.26. The van der Waals surface area contributed by atoms with Crippen molar-refractivity contribution in [3.05, 3.63) is 82.9 Å². The van der Waals surface area contributed by atoms with Crippen LogP contribution in [0, 0.1) is 0 Å². The highest BCUT2D eigenvalue weighted by Gasteiger charge is 2.22. The van der Waals surface area contributed by atoms with Gasteiger partial charge in [0.25, 0.3) is 0 Å². The lowest BCUT2D eigenvalue weighted by atomic mass is 10.1. The number of hydrogen-bond donors (Lipinski definition) is 2. The SMILES string of the molecule is COC(=O)c1ccc(O)c(N(c2ccc(Cl)cc2)c2ccccc2C(=O)O)c1. The highest BCUT2D eigenvalue weighted by atomic mass is 35.5. The summed E-state index contributed by atoms with van der Waals surface area (Å²) in [4.78, 5) is 25.3. The zero-order chi connectivity index (χ0) is 20.3. The van der Waals surface area contributed by atoms with Crippen LogP contribution in [0.25, 0.3) is 0 Å². The van der Waals surface area contributed by atoms with Gasteiger partial charge in [-0.15, -0.1) is 0 Å². The monoisotopic (exact) mass is 397 g/mol. The van der Waals surface area contributed by atoms with E-state index in [1.54, 1.807) is 47.4 Å². The second kappa shape index (κ2) is 8.02. The van der Waals surface area contributed by atoms with Crippen LogP contribution >= 0.6 is 11.6 Å². The summed E-state index contributed by atoms with van der Waals surface area (Å²) in [5.41, 5.74) is 1.33. The van der Waals surface area contributed by atoms with Gasteiger partial charge in [0.05, 0.1) is 29.6 Å². The number of ether oxygens (including phenoxy) is 1. The molecule has 0 radical (unpaired) electrons. The third kappa shape index (κ3) is 3.77. The average Bonchev–Trinajstić information content (AvgIpc) is 2.70. The summed E-state index contributed by atoms with van der Waals surface area (Å²) in [5.74, 6) is -1.84. The molecular formula is C21H16ClNO5. The molecule has 0 fully saturated rings. The van der Waals surface area contributed by atoms with Crippen LogP contribution < -0.4 is 4.90 Å². The van der Waals surface area contributed by atoms with Crippen LogP contribution in [0.4, 0.5) is 17.1 Å². The topological polar surface area (TPSA) is 87.1 Å². The number of esters is 1. The van der Waals surface area contributed by atoms with Crippen LogP contribution in [0.1, 0.15) is 20.7 Å². The lowest BCUT2D eigenvalue weighted by Crippen LogP contribution is -2.15. The first kappa shape index (κ1) is 19.3. The molecule has 0 atom stereocenters. The first-order valence-corrected chi connectivity index (χ1v) is 8.59. The number of anilines is 3. The van der Waals surface area contributed by atoms with E-state index in [9.17, 15) is 19.8 Å². The Balaban J connectivity index is 2.28. The fraction of sp³-hybridized carbons (Fsp3) is 0.0476. The zero-order valence-corrected chi connectivity index (χ0v) is 15.6. The number of hydrogen-bond acceptors (Lipinski definition) is 5. The molecule has 3 aromatic carbocycles. The minimum atomic E-state index is -1.13. The van der Waals surface area contributed by atoms with Gasteiger partial charge in [0.15, 0.2) is 0 Å². The highest BCUT2D eigenvalue weighted by molar-refractivity contribution is 6.30. The fourth-order valence-corrected chi connectivity index (χ4v) is 2.92. The van der Waals surface area contributed by atoms with Crippen molar-refractivity contribution in [3.63, 3.8) is 0 Å². The molecule has 28 heavy (non-hydrogen) atoms. The van der Waals surface area contributed by atoms with Crippen molar-refractivity contribution < 1.29 is 24.5 Å². The summed E-state index contributed by atoms with van der Waals surface area (Å²) in [5, 5.41) is 20.6. The number of carboxylic acids is 1. The summed E-state index contributed by atoms with van der Waals surface area (Å²) in [6, 6.07) is 17.3. The molecule has 0 heterocycles. The molecule has 0 saturated heterocycles. The molecule has 142 valence electrons. The number of halogens is 1. The summed E-state index contributed by atoms with van der Waals surface area (Å²) >= 11 is 5.98. The average molecular weight is 398 g/mol. The Kier molecular flexibility index (Phi) is 5.52. The van der Waals surface area contributed by atoms with Gasteiger partial charge >= 0.3 is 11.9 Å². The third-order valence-corrected chi connectivity index (χ3v) is 4.35. The van der Waals surface area contributed by atoms with E-state index in [1.807, 2.05) is 0 Å². The molecule has 0 saturated carbocycles. The van der Waals surface area contributed by atoms with Crippen LogP contribution in [0.2, 0.25) is 5.02 Å². The van der Waals surface area contributed by atoms with Crippen molar-refractivity contribution in [2.24, 2.45) is 0 Å². The van der Waals surface area contributed by atoms with Crippen LogP contribution in [0.15, 0.2) is 66.7 Å². The molecule has 6 nitrogen and oxygen atoms in total. The smallest absolute Gasteiger partial charge is 0.337 e. The van der Waals surface area contributed by atoms with Crippen molar-refractivity contribution in [1.29, 1.82) is 0 Å². The number of phenolic OH excluding ortho intramolecular Hbond substituents is 1. The maximum Gasteiger partial charge on any atom is 0.337 e. The molecule has 0 bridgehead atoms. The Morgan fingerprint density at radius 3 is 2.29 bits per heavy atom. The Morgan fingerprint density at radius 1 is 0.964 bits per heavy atom. The number of aromatic hydroxyl groups is 1. The third-order valence-electron chi connectivity index (χ3n) is 4.10. The van der Waals surface area contributed by atoms with E-state index in [1.165, 1.54) is 31.4 Å². The first-order chi connectivity index (χ1) is 13.4. The molecule has 0 spiro atoms. The molecule has 0 aliphatic rings. The zero-order valence-electron chi connectivity index (χ0n) is 14.8. The highest BCUT2D eigenvalue weighted by Crippen LogP contribution is 2.41. The Morgan fingerprint density at radius 2 is 1.64 bits per heavy atom. The van der Waals surface area contributed by atoms with E-state index in [2.05, 4.69) is 0 Å². The molecule has 0 aromatic heterocycles. The lowest BCUT2D eigenvalue weighted by molar-refractivity contribution is 0.0599. The number of carbonyl (C=O) groups is 2. The molecule has 3 aromatic rings. The number of carboxylic acid groups (broad SMARTS) is 1. The second-order valence-electron chi connectivity index (χ2n) is 5.83. The molecular weight excluding hydrogens is 382 g/mol. The van der Waals surface area contributed by atoms with Gasteiger partial charge in [-0.05, 0) is 54.6 Å². The van der Waals surface area contributed by atoms with Crippen LogP contribution in [-0.2, 0) is 4.74 Å². The normalized spacial score (nSPS) is 10.4. The van der Waals surface area contributed by atoms with Crippen molar-refractivity contribution in [2.75, 3.05) is 12.0 Å². The number of para-hydroxylation sites is 1. The van der Waals surface area contributed by atoms with Gasteiger partial charge in [-0.25, -0.2) is 9.59 Å². The van der Waals surface area contributed by atoms with Gasteiger partial charge in [0.1, 0.15) is 5.75 Å². The Labute approximate surface area is 166 Å². The standard InChI is InChI=1S/C21H16ClNO5/c1-28-21(27)13-6-11-19(24)18(12-13)23(15-9-7-14(22)8-10-15)17-5-3-2-4-16(17)20(25)26/h2-12,24H,1H3,(H,25,26). The maximum absolute atomic E-state index is 12.0. The first-order valence-electron chi connectivity index (χ1n) is 8.21. The van der Waals surface area contributed by atoms with Gasteiger partial charge in [-0.1, -0.05) is 23.7 Å². The second-order valence-corrected chi connectivity index (χ2v) is 6.27. The van der Waals surface area contributed by atoms with Gasteiger partial charge < -0.3 is 19.8 Å². The maximum atomic E-state index is 12.0. The number of nitrogens with zero attached hydrogens (tertiary/aromatic N) is 1. The Hall–Kier alpha value is -3.51. The van der Waals surface area contributed by atoms with E-state index < -0.39 is 11.9 Å². The minimum absolute atomic E-state index is 0.0281. The van der Waals surface area contributed by atoms with Crippen molar-refractivity contribution >= 4 is 40.6 Å². The van der Waals surface area contributed by atoms with Gasteiger partial charge in [-0.2, -0.15) is 0 Å². The van der Waals surface area contributed by atoms with E-state index in [0.717, 1.165) is 0 Å². The van der Waals surface area contributed by atoms with E-state index in [4.69, 9.17) is 16.3 Å². The number of phenols is 1. The Bertz CT molecular complexity index is 1030. The minimum Gasteiger partial charge on any atom is -0.506 e. The number of rotatable bonds is 5. The van der Waals surface area contributed by atoms with Gasteiger partial charge in [0, 0.05) is 10.7 Å². The lowest BCUT2D eigenvalue weighted by Gasteiger charge is -2.27. The number of aromatic carboxylic acids is 1. The van der Waals surface area contributed by atoms with Crippen molar-refractivity contribution in [1.82, 2.24) is 0 Å². The molecule has 0 aliphatic heterocycles. The summed E-state index contributed by atoms with van der Waals surface area (Å²) in [6.07, 6.45) is 0. The quantitative estimate of drug-likeness (QED) is 0.589. The molecule has 0 aliphatic carbocycles. The van der Waals surface area contributed by atoms with E-state index in [-0.39, 0.29) is 22.6 Å². The summed E-state index contributed by atoms with van der Waals surface area (Å²) < 4.78 is 4.75. The van der Waals surface area contributed by atoms with Crippen LogP contribution in [0.3, 0.4) is 0 Å². The van der Waals surface area contributed by atoms with Crippen LogP contribution in [-0.4, -0.2) is 29.3 Å². The molecule has 7 heteroatoms. The van der Waals surface area contributed by atoms with Gasteiger partial charge in [-0.3, -0.25) is 0 Å². The van der Waals surface area contributed by atoms with E-state index in [0.29, 0.717) is 16.4 Å². The predicted octanol–water partition coefficient (Wildman–Crippen LogP) is 5.00. The number of carbonyl (C=O) groups excluding carboxylic acids is 1. The van der Waals surface area contributed by atoms with Crippen LogP contribution in [0.5, 0.6) is 5.75 Å². The largest absolute Gasteiger partial charge is 0.506 e. The van der Waals surface area contributed by atoms with E-state index >= 15 is 0 Å². The number of methoxy groups -OCH3 is 1. The molecule has 0 amide bonds. The predicted molar refractivity (Wildman–Crippen MR) is 106 cm³/mol. The molecule has 0 unspecified atom stereocenters. The van der Waals surface area contributed by atoms with Crippen molar-refractivity contribution in [2.45, 2.75) is 0 Å².